The molecule has 0 radical (unpaired) electrons. The Kier molecular flexibility index (Phi) is 11.3. The summed E-state index contributed by atoms with van der Waals surface area (Å²) in [5.74, 6) is -0.503. The summed E-state index contributed by atoms with van der Waals surface area (Å²) in [6, 6.07) is 19.9. The second-order valence-corrected chi connectivity index (χ2v) is 12.6. The number of hydrogen-bond donors (Lipinski definition) is 1. The Balaban J connectivity index is 2.10. The van der Waals surface area contributed by atoms with Crippen LogP contribution in [0.3, 0.4) is 0 Å². The Hall–Kier alpha value is -3.50. The summed E-state index contributed by atoms with van der Waals surface area (Å²) in [4.78, 5) is 29.6. The van der Waals surface area contributed by atoms with Crippen LogP contribution in [-0.2, 0) is 26.2 Å². The van der Waals surface area contributed by atoms with E-state index in [0.29, 0.717) is 12.4 Å². The van der Waals surface area contributed by atoms with E-state index in [0.717, 1.165) is 20.3 Å². The van der Waals surface area contributed by atoms with Gasteiger partial charge in [-0.15, -0.1) is 11.8 Å². The highest BCUT2D eigenvalue weighted by Crippen LogP contribution is 2.33. The topological polar surface area (TPSA) is 96.0 Å². The van der Waals surface area contributed by atoms with Crippen molar-refractivity contribution in [1.82, 2.24) is 10.2 Å². The SMILES string of the molecule is CCOc1ccccc1N(CC(=O)N(Cc1ccccc1C)[C@H](C)C(=O)NC(C)C)S(=O)(=O)c1ccc(SC)cc1. The third kappa shape index (κ3) is 8.04. The van der Waals surface area contributed by atoms with Crippen LogP contribution < -0.4 is 14.4 Å². The summed E-state index contributed by atoms with van der Waals surface area (Å²) in [6.07, 6.45) is 1.91. The van der Waals surface area contributed by atoms with E-state index in [2.05, 4.69) is 5.32 Å². The number of rotatable bonds is 13. The molecule has 0 unspecified atom stereocenters. The molecule has 0 saturated heterocycles. The highest BCUT2D eigenvalue weighted by molar-refractivity contribution is 7.98. The lowest BCUT2D eigenvalue weighted by molar-refractivity contribution is -0.139. The molecular weight excluding hydrogens is 558 g/mol. The zero-order valence-corrected chi connectivity index (χ0v) is 26.1. The number of benzene rings is 3. The molecular formula is C31H39N3O5S2. The van der Waals surface area contributed by atoms with E-state index < -0.39 is 28.5 Å². The number of thioether (sulfide) groups is 1. The zero-order valence-electron chi connectivity index (χ0n) is 24.5. The predicted octanol–water partition coefficient (Wildman–Crippen LogP) is 5.25. The first-order chi connectivity index (χ1) is 19.5. The fourth-order valence-electron chi connectivity index (χ4n) is 4.29. The molecule has 0 aliphatic rings. The lowest BCUT2D eigenvalue weighted by Crippen LogP contribution is -2.52. The maximum Gasteiger partial charge on any atom is 0.264 e. The van der Waals surface area contributed by atoms with Crippen molar-refractivity contribution in [2.45, 2.75) is 63.0 Å². The fraction of sp³-hybridized carbons (Fsp3) is 0.355. The summed E-state index contributed by atoms with van der Waals surface area (Å²) in [7, 11) is -4.20. The molecule has 2 amide bonds. The molecule has 0 aliphatic heterocycles. The van der Waals surface area contributed by atoms with Gasteiger partial charge >= 0.3 is 0 Å². The molecule has 3 rings (SSSR count). The van der Waals surface area contributed by atoms with E-state index in [4.69, 9.17) is 4.74 Å². The predicted molar refractivity (Wildman–Crippen MR) is 165 cm³/mol. The number of carbonyl (C=O) groups excluding carboxylic acids is 2. The van der Waals surface area contributed by atoms with E-state index in [1.54, 1.807) is 50.2 Å². The monoisotopic (exact) mass is 597 g/mol. The number of hydrogen-bond acceptors (Lipinski definition) is 6. The van der Waals surface area contributed by atoms with Crippen LogP contribution in [0.1, 0.15) is 38.8 Å². The van der Waals surface area contributed by atoms with Crippen LogP contribution in [-0.4, -0.2) is 56.6 Å². The van der Waals surface area contributed by atoms with Gasteiger partial charge in [0, 0.05) is 17.5 Å². The third-order valence-corrected chi connectivity index (χ3v) is 9.08. The number of ether oxygens (including phenoxy) is 1. The van der Waals surface area contributed by atoms with E-state index in [1.807, 2.05) is 51.3 Å². The van der Waals surface area contributed by atoms with Gasteiger partial charge in [-0.1, -0.05) is 36.4 Å². The third-order valence-electron chi connectivity index (χ3n) is 6.56. The summed E-state index contributed by atoms with van der Waals surface area (Å²) in [5.41, 5.74) is 2.07. The minimum Gasteiger partial charge on any atom is -0.492 e. The van der Waals surface area contributed by atoms with Gasteiger partial charge in [-0.05, 0) is 88.4 Å². The van der Waals surface area contributed by atoms with Crippen LogP contribution >= 0.6 is 11.8 Å². The molecule has 1 N–H and O–H groups in total. The fourth-order valence-corrected chi connectivity index (χ4v) is 6.12. The Bertz CT molecular complexity index is 1440. The normalized spacial score (nSPS) is 12.1. The first-order valence-corrected chi connectivity index (χ1v) is 16.2. The van der Waals surface area contributed by atoms with Crippen LogP contribution in [0.2, 0.25) is 0 Å². The van der Waals surface area contributed by atoms with Crippen LogP contribution in [0.5, 0.6) is 5.75 Å². The van der Waals surface area contributed by atoms with Crippen LogP contribution in [0.4, 0.5) is 5.69 Å². The van der Waals surface area contributed by atoms with Crippen molar-refractivity contribution in [1.29, 1.82) is 0 Å². The van der Waals surface area contributed by atoms with Crippen molar-refractivity contribution in [3.8, 4) is 5.75 Å². The molecule has 3 aromatic carbocycles. The van der Waals surface area contributed by atoms with Crippen molar-refractivity contribution in [3.05, 3.63) is 83.9 Å². The van der Waals surface area contributed by atoms with E-state index in [9.17, 15) is 18.0 Å². The quantitative estimate of drug-likeness (QED) is 0.270. The smallest absolute Gasteiger partial charge is 0.264 e. The van der Waals surface area contributed by atoms with Gasteiger partial charge in [-0.3, -0.25) is 13.9 Å². The van der Waals surface area contributed by atoms with Gasteiger partial charge < -0.3 is 15.0 Å². The molecule has 0 aromatic heterocycles. The number of aryl methyl sites for hydroxylation is 1. The molecule has 0 fully saturated rings. The number of carbonyl (C=O) groups is 2. The minimum atomic E-state index is -4.20. The van der Waals surface area contributed by atoms with Gasteiger partial charge in [-0.2, -0.15) is 0 Å². The molecule has 220 valence electrons. The second-order valence-electron chi connectivity index (χ2n) is 9.88. The minimum absolute atomic E-state index is 0.0467. The summed E-state index contributed by atoms with van der Waals surface area (Å²) in [5, 5.41) is 2.87. The maximum atomic E-state index is 14.1. The Labute approximate surface area is 248 Å². The average molecular weight is 598 g/mol. The van der Waals surface area contributed by atoms with Gasteiger partial charge in [-0.25, -0.2) is 8.42 Å². The van der Waals surface area contributed by atoms with Crippen LogP contribution in [0.25, 0.3) is 0 Å². The van der Waals surface area contributed by atoms with Gasteiger partial charge in [0.05, 0.1) is 17.2 Å². The number of amides is 2. The average Bonchev–Trinajstić information content (AvgIpc) is 2.95. The summed E-state index contributed by atoms with van der Waals surface area (Å²) >= 11 is 1.50. The number of anilines is 1. The molecule has 0 bridgehead atoms. The van der Waals surface area contributed by atoms with Gasteiger partial charge in [0.2, 0.25) is 11.8 Å². The highest BCUT2D eigenvalue weighted by Gasteiger charge is 2.34. The van der Waals surface area contributed by atoms with Crippen LogP contribution in [0.15, 0.2) is 82.6 Å². The number of nitrogens with zero attached hydrogens (tertiary/aromatic N) is 2. The molecule has 0 spiro atoms. The van der Waals surface area contributed by atoms with Crippen molar-refractivity contribution < 1.29 is 22.7 Å². The summed E-state index contributed by atoms with van der Waals surface area (Å²) < 4.78 is 35.1. The summed E-state index contributed by atoms with van der Waals surface area (Å²) in [6.45, 7) is 9.02. The molecule has 10 heteroatoms. The van der Waals surface area contributed by atoms with E-state index in [1.165, 1.54) is 28.8 Å². The zero-order chi connectivity index (χ0) is 30.2. The molecule has 0 aliphatic carbocycles. The first-order valence-electron chi connectivity index (χ1n) is 13.5. The maximum absolute atomic E-state index is 14.1. The molecule has 1 atom stereocenters. The standard InChI is InChI=1S/C31H39N3O5S2/c1-7-39-29-15-11-10-14-28(29)34(41(37,38)27-18-16-26(40-6)17-19-27)21-30(35)33(24(5)31(36)32-22(2)3)20-25-13-9-8-12-23(25)4/h8-19,22,24H,7,20-21H2,1-6H3,(H,32,36)/t24-/m1/s1. The van der Waals surface area contributed by atoms with Gasteiger partial charge in [0.1, 0.15) is 18.3 Å². The molecule has 8 nitrogen and oxygen atoms in total. The number of para-hydroxylation sites is 2. The van der Waals surface area contributed by atoms with Crippen molar-refractivity contribution >= 4 is 39.3 Å². The first kappa shape index (κ1) is 32.0. The van der Waals surface area contributed by atoms with Gasteiger partial charge in [0.25, 0.3) is 10.0 Å². The molecule has 0 heterocycles. The molecule has 0 saturated carbocycles. The second kappa shape index (κ2) is 14.4. The van der Waals surface area contributed by atoms with Crippen LogP contribution in [0, 0.1) is 6.92 Å². The lowest BCUT2D eigenvalue weighted by atomic mass is 10.1. The van der Waals surface area contributed by atoms with Crippen molar-refractivity contribution in [2.75, 3.05) is 23.7 Å². The largest absolute Gasteiger partial charge is 0.492 e. The Morgan fingerprint density at radius 3 is 2.20 bits per heavy atom. The van der Waals surface area contributed by atoms with Gasteiger partial charge in [0.15, 0.2) is 0 Å². The molecule has 3 aromatic rings. The lowest BCUT2D eigenvalue weighted by Gasteiger charge is -2.33. The molecule has 41 heavy (non-hydrogen) atoms. The number of sulfonamides is 1. The van der Waals surface area contributed by atoms with Crippen molar-refractivity contribution in [3.63, 3.8) is 0 Å². The van der Waals surface area contributed by atoms with E-state index >= 15 is 0 Å². The van der Waals surface area contributed by atoms with Crippen molar-refractivity contribution in [2.24, 2.45) is 0 Å². The Morgan fingerprint density at radius 2 is 1.59 bits per heavy atom. The highest BCUT2D eigenvalue weighted by atomic mass is 32.2. The number of nitrogens with one attached hydrogen (secondary N) is 1. The Morgan fingerprint density at radius 1 is 0.951 bits per heavy atom. The van der Waals surface area contributed by atoms with E-state index in [-0.39, 0.29) is 29.1 Å².